The van der Waals surface area contributed by atoms with Crippen LogP contribution in [0.1, 0.15) is 38.8 Å². The Hall–Kier alpha value is -1.09. The van der Waals surface area contributed by atoms with E-state index < -0.39 is 0 Å². The average Bonchev–Trinajstić information content (AvgIpc) is 2.94. The monoisotopic (exact) mass is 251 g/mol. The van der Waals surface area contributed by atoms with Crippen molar-refractivity contribution in [2.75, 3.05) is 13.7 Å². The fourth-order valence-electron chi connectivity index (χ4n) is 2.31. The Morgan fingerprint density at radius 1 is 1.50 bits per heavy atom. The molecular formula is C15H22FNO. The van der Waals surface area contributed by atoms with Crippen LogP contribution in [0.4, 0.5) is 4.39 Å². The summed E-state index contributed by atoms with van der Waals surface area (Å²) >= 11 is 0. The predicted octanol–water partition coefficient (Wildman–Crippen LogP) is 3.53. The van der Waals surface area contributed by atoms with Crippen molar-refractivity contribution in [3.63, 3.8) is 0 Å². The minimum Gasteiger partial charge on any atom is -0.494 e. The molecule has 100 valence electrons. The van der Waals surface area contributed by atoms with Gasteiger partial charge < -0.3 is 10.1 Å². The maximum absolute atomic E-state index is 13.3. The van der Waals surface area contributed by atoms with Crippen LogP contribution in [0.25, 0.3) is 0 Å². The lowest BCUT2D eigenvalue weighted by atomic mass is 10.1. The van der Waals surface area contributed by atoms with Crippen molar-refractivity contribution in [2.45, 2.75) is 33.2 Å². The van der Waals surface area contributed by atoms with Crippen LogP contribution in [0.5, 0.6) is 5.75 Å². The van der Waals surface area contributed by atoms with Gasteiger partial charge in [0.05, 0.1) is 7.11 Å². The summed E-state index contributed by atoms with van der Waals surface area (Å²) in [7, 11) is 1.49. The highest BCUT2D eigenvalue weighted by atomic mass is 19.1. The van der Waals surface area contributed by atoms with Gasteiger partial charge in [-0.1, -0.05) is 19.9 Å². The van der Waals surface area contributed by atoms with Gasteiger partial charge in [0.1, 0.15) is 0 Å². The molecule has 1 aromatic carbocycles. The van der Waals surface area contributed by atoms with E-state index in [0.717, 1.165) is 18.0 Å². The van der Waals surface area contributed by atoms with Crippen molar-refractivity contribution in [1.29, 1.82) is 0 Å². The number of halogens is 1. The van der Waals surface area contributed by atoms with E-state index in [1.54, 1.807) is 6.07 Å². The number of methoxy groups -OCH3 is 1. The minimum atomic E-state index is -0.309. The molecule has 3 heteroatoms. The van der Waals surface area contributed by atoms with Crippen LogP contribution in [0.2, 0.25) is 0 Å². The normalized spacial score (nSPS) is 22.6. The molecule has 1 saturated carbocycles. The Morgan fingerprint density at radius 3 is 2.72 bits per heavy atom. The van der Waals surface area contributed by atoms with Gasteiger partial charge in [0.15, 0.2) is 11.6 Å². The van der Waals surface area contributed by atoms with Gasteiger partial charge in [0, 0.05) is 6.04 Å². The third-order valence-electron chi connectivity index (χ3n) is 4.06. The zero-order valence-electron chi connectivity index (χ0n) is 11.6. The summed E-state index contributed by atoms with van der Waals surface area (Å²) in [4.78, 5) is 0. The van der Waals surface area contributed by atoms with Crippen molar-refractivity contribution in [2.24, 2.45) is 11.3 Å². The van der Waals surface area contributed by atoms with Gasteiger partial charge in [-0.05, 0) is 48.9 Å². The fourth-order valence-corrected chi connectivity index (χ4v) is 2.31. The predicted molar refractivity (Wildman–Crippen MR) is 71.3 cm³/mol. The first-order chi connectivity index (χ1) is 8.44. The molecule has 0 bridgehead atoms. The maximum atomic E-state index is 13.3. The molecule has 0 spiro atoms. The smallest absolute Gasteiger partial charge is 0.165 e. The second-order valence-electron chi connectivity index (χ2n) is 5.91. The number of nitrogens with one attached hydrogen (secondary N) is 1. The molecule has 0 radical (unpaired) electrons. The standard InChI is InChI=1S/C15H22FNO/c1-10(17-9-12-8-15(12,2)3)11-5-6-13(16)14(7-11)18-4/h5-7,10,12,17H,8-9H2,1-4H3. The van der Waals surface area contributed by atoms with Gasteiger partial charge in [0.2, 0.25) is 0 Å². The topological polar surface area (TPSA) is 21.3 Å². The molecule has 0 aromatic heterocycles. The summed E-state index contributed by atoms with van der Waals surface area (Å²) in [6.07, 6.45) is 1.29. The third-order valence-corrected chi connectivity index (χ3v) is 4.06. The average molecular weight is 251 g/mol. The van der Waals surface area contributed by atoms with Gasteiger partial charge in [-0.15, -0.1) is 0 Å². The van der Waals surface area contributed by atoms with Gasteiger partial charge in [-0.2, -0.15) is 0 Å². The molecule has 18 heavy (non-hydrogen) atoms. The van der Waals surface area contributed by atoms with Gasteiger partial charge >= 0.3 is 0 Å². The summed E-state index contributed by atoms with van der Waals surface area (Å²) in [5.74, 6) is 0.770. The number of hydrogen-bond donors (Lipinski definition) is 1. The summed E-state index contributed by atoms with van der Waals surface area (Å²) in [5.41, 5.74) is 1.56. The van der Waals surface area contributed by atoms with E-state index in [-0.39, 0.29) is 11.9 Å². The van der Waals surface area contributed by atoms with E-state index in [9.17, 15) is 4.39 Å². The molecule has 2 rings (SSSR count). The first-order valence-electron chi connectivity index (χ1n) is 6.51. The van der Waals surface area contributed by atoms with Crippen LogP contribution >= 0.6 is 0 Å². The van der Waals surface area contributed by atoms with Crippen LogP contribution in [0, 0.1) is 17.2 Å². The van der Waals surface area contributed by atoms with Crippen LogP contribution in [-0.4, -0.2) is 13.7 Å². The largest absolute Gasteiger partial charge is 0.494 e. The van der Waals surface area contributed by atoms with Crippen molar-refractivity contribution in [3.8, 4) is 5.75 Å². The van der Waals surface area contributed by atoms with Gasteiger partial charge in [-0.3, -0.25) is 0 Å². The Balaban J connectivity index is 1.94. The van der Waals surface area contributed by atoms with E-state index in [0.29, 0.717) is 11.2 Å². The molecule has 1 aromatic rings. The molecule has 0 aliphatic heterocycles. The molecule has 1 aliphatic carbocycles. The first kappa shape index (κ1) is 13.3. The van der Waals surface area contributed by atoms with Crippen LogP contribution in [0.3, 0.4) is 0 Å². The van der Waals surface area contributed by atoms with Crippen molar-refractivity contribution < 1.29 is 9.13 Å². The maximum Gasteiger partial charge on any atom is 0.165 e. The SMILES string of the molecule is COc1cc(C(C)NCC2CC2(C)C)ccc1F. The van der Waals surface area contributed by atoms with E-state index >= 15 is 0 Å². The molecule has 0 heterocycles. The third kappa shape index (κ3) is 2.83. The lowest BCUT2D eigenvalue weighted by Gasteiger charge is -2.16. The summed E-state index contributed by atoms with van der Waals surface area (Å²) in [5, 5.41) is 3.51. The molecule has 1 N–H and O–H groups in total. The molecule has 2 nitrogen and oxygen atoms in total. The van der Waals surface area contributed by atoms with E-state index in [4.69, 9.17) is 4.74 Å². The zero-order chi connectivity index (χ0) is 13.3. The van der Waals surface area contributed by atoms with Gasteiger partial charge in [-0.25, -0.2) is 4.39 Å². The molecular weight excluding hydrogens is 229 g/mol. The molecule has 0 amide bonds. The fraction of sp³-hybridized carbons (Fsp3) is 0.600. The number of hydrogen-bond acceptors (Lipinski definition) is 2. The van der Waals surface area contributed by atoms with Crippen LogP contribution < -0.4 is 10.1 Å². The van der Waals surface area contributed by atoms with Crippen molar-refractivity contribution >= 4 is 0 Å². The lowest BCUT2D eigenvalue weighted by Crippen LogP contribution is -2.22. The van der Waals surface area contributed by atoms with Crippen LogP contribution in [0.15, 0.2) is 18.2 Å². The highest BCUT2D eigenvalue weighted by Gasteiger charge is 2.44. The quantitative estimate of drug-likeness (QED) is 0.864. The number of ether oxygens (including phenoxy) is 1. The van der Waals surface area contributed by atoms with E-state index in [2.05, 4.69) is 26.1 Å². The summed E-state index contributed by atoms with van der Waals surface area (Å²) < 4.78 is 18.3. The van der Waals surface area contributed by atoms with E-state index in [1.165, 1.54) is 19.6 Å². The number of rotatable bonds is 5. The minimum absolute atomic E-state index is 0.218. The number of benzene rings is 1. The van der Waals surface area contributed by atoms with Crippen LogP contribution in [-0.2, 0) is 0 Å². The molecule has 1 fully saturated rings. The molecule has 0 saturated heterocycles. The molecule has 1 aliphatic rings. The first-order valence-corrected chi connectivity index (χ1v) is 6.51. The highest BCUT2D eigenvalue weighted by Crippen LogP contribution is 2.51. The van der Waals surface area contributed by atoms with Gasteiger partial charge in [0.25, 0.3) is 0 Å². The zero-order valence-corrected chi connectivity index (χ0v) is 11.6. The second-order valence-corrected chi connectivity index (χ2v) is 5.91. The lowest BCUT2D eigenvalue weighted by molar-refractivity contribution is 0.384. The Bertz CT molecular complexity index is 431. The Labute approximate surface area is 109 Å². The van der Waals surface area contributed by atoms with Crippen molar-refractivity contribution in [3.05, 3.63) is 29.6 Å². The van der Waals surface area contributed by atoms with E-state index in [1.807, 2.05) is 6.07 Å². The second kappa shape index (κ2) is 4.88. The summed E-state index contributed by atoms with van der Waals surface area (Å²) in [6, 6.07) is 5.27. The molecule has 2 atom stereocenters. The summed E-state index contributed by atoms with van der Waals surface area (Å²) in [6.45, 7) is 7.71. The van der Waals surface area contributed by atoms with Crippen molar-refractivity contribution in [1.82, 2.24) is 5.32 Å². The Morgan fingerprint density at radius 2 is 2.17 bits per heavy atom. The highest BCUT2D eigenvalue weighted by molar-refractivity contribution is 5.31. The Kier molecular flexibility index (Phi) is 3.62. The molecule has 2 unspecified atom stereocenters.